The molecule has 0 radical (unpaired) electrons. The fraction of sp³-hybridized carbons (Fsp3) is 0.357. The smallest absolute Gasteiger partial charge is 0.270 e. The number of aryl methyl sites for hydroxylation is 2. The zero-order chi connectivity index (χ0) is 17.2. The number of nitrogens with one attached hydrogen (secondary N) is 2. The van der Waals surface area contributed by atoms with E-state index >= 15 is 0 Å². The van der Waals surface area contributed by atoms with Gasteiger partial charge in [0.2, 0.25) is 15.4 Å². The van der Waals surface area contributed by atoms with Crippen molar-refractivity contribution in [1.82, 2.24) is 14.9 Å². The van der Waals surface area contributed by atoms with Gasteiger partial charge in [-0.15, -0.1) is 10.2 Å². The normalized spacial score (nSPS) is 12.9. The number of nitrogens with zero attached hydrogens (tertiary/aromatic N) is 2. The molecule has 2 rings (SSSR count). The van der Waals surface area contributed by atoms with Gasteiger partial charge in [0.05, 0.1) is 0 Å². The fourth-order valence-corrected chi connectivity index (χ4v) is 4.36. The number of hydrogen-bond acceptors (Lipinski definition) is 6. The molecule has 0 fully saturated rings. The van der Waals surface area contributed by atoms with E-state index in [9.17, 15) is 13.2 Å². The Morgan fingerprint density at radius 1 is 1.26 bits per heavy atom. The van der Waals surface area contributed by atoms with Crippen LogP contribution in [0.15, 0.2) is 22.5 Å². The summed E-state index contributed by atoms with van der Waals surface area (Å²) in [5, 5.41) is 9.84. The molecule has 0 unspecified atom stereocenters. The summed E-state index contributed by atoms with van der Waals surface area (Å²) in [6.45, 7) is 7.00. The molecule has 1 atom stereocenters. The summed E-state index contributed by atoms with van der Waals surface area (Å²) in [4.78, 5) is 11.0. The van der Waals surface area contributed by atoms with Gasteiger partial charge in [-0.2, -0.15) is 0 Å². The number of anilines is 1. The second-order valence-electron chi connectivity index (χ2n) is 5.26. The lowest BCUT2D eigenvalue weighted by molar-refractivity contribution is -0.114. The molecule has 2 aromatic rings. The SMILES string of the molecule is CC(=O)Nc1nnc(S(=O)(=O)N[C@H](C)c2ccc(C)cc2C)s1. The highest BCUT2D eigenvalue weighted by atomic mass is 32.2. The van der Waals surface area contributed by atoms with Crippen molar-refractivity contribution in [2.24, 2.45) is 0 Å². The minimum absolute atomic E-state index is 0.150. The van der Waals surface area contributed by atoms with Crippen LogP contribution < -0.4 is 10.0 Å². The van der Waals surface area contributed by atoms with E-state index in [4.69, 9.17) is 0 Å². The minimum atomic E-state index is -3.81. The summed E-state index contributed by atoms with van der Waals surface area (Å²) in [5.74, 6) is -0.332. The first-order valence-electron chi connectivity index (χ1n) is 6.89. The van der Waals surface area contributed by atoms with Crippen LogP contribution in [0, 0.1) is 13.8 Å². The van der Waals surface area contributed by atoms with Gasteiger partial charge >= 0.3 is 0 Å². The molecule has 2 N–H and O–H groups in total. The van der Waals surface area contributed by atoms with Gasteiger partial charge in [-0.3, -0.25) is 4.79 Å². The summed E-state index contributed by atoms with van der Waals surface area (Å²) in [7, 11) is -3.81. The average molecular weight is 354 g/mol. The van der Waals surface area contributed by atoms with E-state index in [0.29, 0.717) is 0 Å². The Hall–Kier alpha value is -1.84. The number of benzene rings is 1. The number of hydrogen-bond donors (Lipinski definition) is 2. The molecule has 1 aromatic carbocycles. The van der Waals surface area contributed by atoms with Crippen LogP contribution in [0.3, 0.4) is 0 Å². The first kappa shape index (κ1) is 17.5. The molecular formula is C14H18N4O3S2. The van der Waals surface area contributed by atoms with Crippen LogP contribution in [0.2, 0.25) is 0 Å². The monoisotopic (exact) mass is 354 g/mol. The minimum Gasteiger partial charge on any atom is -0.301 e. The maximum atomic E-state index is 12.4. The molecule has 1 amide bonds. The highest BCUT2D eigenvalue weighted by molar-refractivity contribution is 7.91. The fourth-order valence-electron chi connectivity index (χ4n) is 2.18. The van der Waals surface area contributed by atoms with Gasteiger partial charge in [0.25, 0.3) is 10.0 Å². The van der Waals surface area contributed by atoms with Crippen molar-refractivity contribution in [2.75, 3.05) is 5.32 Å². The second-order valence-corrected chi connectivity index (χ2v) is 8.12. The van der Waals surface area contributed by atoms with E-state index in [0.717, 1.165) is 28.0 Å². The van der Waals surface area contributed by atoms with Gasteiger partial charge in [-0.05, 0) is 31.9 Å². The molecule has 124 valence electrons. The Morgan fingerprint density at radius 2 is 1.96 bits per heavy atom. The topological polar surface area (TPSA) is 101 Å². The van der Waals surface area contributed by atoms with Crippen molar-refractivity contribution in [2.45, 2.75) is 38.1 Å². The van der Waals surface area contributed by atoms with E-state index in [1.807, 2.05) is 32.0 Å². The highest BCUT2D eigenvalue weighted by Crippen LogP contribution is 2.24. The van der Waals surface area contributed by atoms with Crippen LogP contribution in [-0.4, -0.2) is 24.5 Å². The van der Waals surface area contributed by atoms with Crippen LogP contribution >= 0.6 is 11.3 Å². The van der Waals surface area contributed by atoms with Gasteiger partial charge in [-0.25, -0.2) is 13.1 Å². The number of carbonyl (C=O) groups excluding carboxylic acids is 1. The van der Waals surface area contributed by atoms with Gasteiger partial charge < -0.3 is 5.32 Å². The van der Waals surface area contributed by atoms with Crippen molar-refractivity contribution in [3.05, 3.63) is 34.9 Å². The number of aromatic nitrogens is 2. The van der Waals surface area contributed by atoms with Crippen LogP contribution in [-0.2, 0) is 14.8 Å². The third kappa shape index (κ3) is 4.34. The number of carbonyl (C=O) groups is 1. The van der Waals surface area contributed by atoms with Gasteiger partial charge in [-0.1, -0.05) is 35.1 Å². The molecular weight excluding hydrogens is 336 g/mol. The predicted molar refractivity (Wildman–Crippen MR) is 88.9 cm³/mol. The van der Waals surface area contributed by atoms with Crippen molar-refractivity contribution >= 4 is 32.4 Å². The van der Waals surface area contributed by atoms with Gasteiger partial charge in [0.1, 0.15) is 0 Å². The highest BCUT2D eigenvalue weighted by Gasteiger charge is 2.24. The third-order valence-electron chi connectivity index (χ3n) is 3.14. The number of amides is 1. The van der Waals surface area contributed by atoms with E-state index in [2.05, 4.69) is 20.2 Å². The molecule has 9 heteroatoms. The molecule has 1 aromatic heterocycles. The molecule has 1 heterocycles. The summed E-state index contributed by atoms with van der Waals surface area (Å²) in [5.41, 5.74) is 3.02. The van der Waals surface area contributed by atoms with Crippen molar-refractivity contribution < 1.29 is 13.2 Å². The lowest BCUT2D eigenvalue weighted by Gasteiger charge is -2.16. The number of rotatable bonds is 5. The second kappa shape index (κ2) is 6.73. The molecule has 0 spiro atoms. The Balaban J connectivity index is 2.20. The Labute approximate surface area is 139 Å². The maximum absolute atomic E-state index is 12.4. The zero-order valence-electron chi connectivity index (χ0n) is 13.2. The zero-order valence-corrected chi connectivity index (χ0v) is 14.9. The van der Waals surface area contributed by atoms with Gasteiger partial charge in [0.15, 0.2) is 0 Å². The molecule has 0 aliphatic heterocycles. The van der Waals surface area contributed by atoms with E-state index in [-0.39, 0.29) is 15.4 Å². The van der Waals surface area contributed by atoms with Crippen LogP contribution in [0.5, 0.6) is 0 Å². The average Bonchev–Trinajstić information content (AvgIpc) is 2.86. The lowest BCUT2D eigenvalue weighted by atomic mass is 10.0. The molecule has 7 nitrogen and oxygen atoms in total. The van der Waals surface area contributed by atoms with Crippen molar-refractivity contribution in [3.63, 3.8) is 0 Å². The third-order valence-corrected chi connectivity index (χ3v) is 5.89. The van der Waals surface area contributed by atoms with Crippen molar-refractivity contribution in [3.8, 4) is 0 Å². The molecule has 0 bridgehead atoms. The lowest BCUT2D eigenvalue weighted by Crippen LogP contribution is -2.27. The molecule has 0 saturated heterocycles. The first-order valence-corrected chi connectivity index (χ1v) is 9.19. The van der Waals surface area contributed by atoms with Crippen LogP contribution in [0.25, 0.3) is 0 Å². The summed E-state index contributed by atoms with van der Waals surface area (Å²) in [6, 6.07) is 5.43. The molecule has 0 saturated carbocycles. The largest absolute Gasteiger partial charge is 0.301 e. The summed E-state index contributed by atoms with van der Waals surface area (Å²) < 4.78 is 27.2. The number of sulfonamides is 1. The Kier molecular flexibility index (Phi) is 5.12. The quantitative estimate of drug-likeness (QED) is 0.801. The summed E-state index contributed by atoms with van der Waals surface area (Å²) >= 11 is 0.807. The van der Waals surface area contributed by atoms with E-state index in [1.165, 1.54) is 6.92 Å². The van der Waals surface area contributed by atoms with Crippen molar-refractivity contribution in [1.29, 1.82) is 0 Å². The molecule has 0 aliphatic carbocycles. The van der Waals surface area contributed by atoms with Gasteiger partial charge in [0, 0.05) is 13.0 Å². The van der Waals surface area contributed by atoms with Crippen LogP contribution in [0.4, 0.5) is 5.13 Å². The van der Waals surface area contributed by atoms with Crippen LogP contribution in [0.1, 0.15) is 36.6 Å². The van der Waals surface area contributed by atoms with E-state index in [1.54, 1.807) is 6.92 Å². The van der Waals surface area contributed by atoms with E-state index < -0.39 is 16.1 Å². The molecule has 0 aliphatic rings. The first-order chi connectivity index (χ1) is 10.7. The Bertz CT molecular complexity index is 830. The molecule has 23 heavy (non-hydrogen) atoms. The Morgan fingerprint density at radius 3 is 2.57 bits per heavy atom. The predicted octanol–water partition coefficient (Wildman–Crippen LogP) is 2.15. The summed E-state index contributed by atoms with van der Waals surface area (Å²) in [6.07, 6.45) is 0. The standard InChI is InChI=1S/C14H18N4O3S2/c1-8-5-6-12(9(2)7-8)10(3)18-23(20,21)14-17-16-13(22-14)15-11(4)19/h5-7,10,18H,1-4H3,(H,15,16,19)/t10-/m1/s1. The maximum Gasteiger partial charge on any atom is 0.270 e.